The minimum atomic E-state index is -0.182. The lowest BCUT2D eigenvalue weighted by molar-refractivity contribution is 0.241. The van der Waals surface area contributed by atoms with Crippen LogP contribution in [0.4, 0.5) is 4.39 Å². The van der Waals surface area contributed by atoms with E-state index in [9.17, 15) is 4.39 Å². The third-order valence-electron chi connectivity index (χ3n) is 4.88. The Morgan fingerprint density at radius 1 is 1.30 bits per heavy atom. The minimum absolute atomic E-state index is 0.182. The van der Waals surface area contributed by atoms with Crippen LogP contribution in [0.15, 0.2) is 42.6 Å². The van der Waals surface area contributed by atoms with Gasteiger partial charge in [0.2, 0.25) is 0 Å². The smallest absolute Gasteiger partial charge is 0.123 e. The molecule has 0 bridgehead atoms. The quantitative estimate of drug-likeness (QED) is 0.780. The summed E-state index contributed by atoms with van der Waals surface area (Å²) in [4.78, 5) is 10.5. The van der Waals surface area contributed by atoms with Crippen LogP contribution in [-0.2, 0) is 6.54 Å². The number of hydrogen-bond acceptors (Lipinski definition) is 2. The van der Waals surface area contributed by atoms with Crippen molar-refractivity contribution in [2.24, 2.45) is 0 Å². The number of nitrogens with zero attached hydrogens (tertiary/aromatic N) is 2. The molecule has 1 N–H and O–H groups in total. The Balaban J connectivity index is 1.63. The van der Waals surface area contributed by atoms with E-state index in [4.69, 9.17) is 0 Å². The van der Waals surface area contributed by atoms with E-state index < -0.39 is 0 Å². The Morgan fingerprint density at radius 2 is 2.22 bits per heavy atom. The SMILES string of the molecule is Cc1c(CN2CCC[C@H]2c2ccccn2)[nH]c2ccc(F)cc12. The highest BCUT2D eigenvalue weighted by molar-refractivity contribution is 5.84. The molecular formula is C19H20FN3. The number of pyridine rings is 1. The van der Waals surface area contributed by atoms with Crippen molar-refractivity contribution in [2.45, 2.75) is 32.4 Å². The number of aryl methyl sites for hydroxylation is 1. The number of aromatic nitrogens is 2. The molecule has 3 heterocycles. The zero-order chi connectivity index (χ0) is 15.8. The number of halogens is 1. The Kier molecular flexibility index (Phi) is 3.62. The highest BCUT2D eigenvalue weighted by atomic mass is 19.1. The van der Waals surface area contributed by atoms with Crippen LogP contribution in [0, 0.1) is 12.7 Å². The van der Waals surface area contributed by atoms with Crippen molar-refractivity contribution in [3.8, 4) is 0 Å². The first-order chi connectivity index (χ1) is 11.2. The van der Waals surface area contributed by atoms with E-state index in [0.717, 1.165) is 41.7 Å². The van der Waals surface area contributed by atoms with Crippen LogP contribution in [0.5, 0.6) is 0 Å². The summed E-state index contributed by atoms with van der Waals surface area (Å²) in [7, 11) is 0. The number of nitrogens with one attached hydrogen (secondary N) is 1. The molecule has 3 aromatic rings. The van der Waals surface area contributed by atoms with Crippen molar-refractivity contribution in [3.63, 3.8) is 0 Å². The molecule has 0 spiro atoms. The summed E-state index contributed by atoms with van der Waals surface area (Å²) in [6, 6.07) is 11.4. The molecule has 3 nitrogen and oxygen atoms in total. The molecule has 1 aliphatic heterocycles. The second-order valence-electron chi connectivity index (χ2n) is 6.30. The molecule has 2 aromatic heterocycles. The maximum Gasteiger partial charge on any atom is 0.123 e. The number of H-pyrrole nitrogens is 1. The van der Waals surface area contributed by atoms with Crippen LogP contribution in [0.3, 0.4) is 0 Å². The van der Waals surface area contributed by atoms with Gasteiger partial charge in [-0.1, -0.05) is 6.07 Å². The van der Waals surface area contributed by atoms with Crippen molar-refractivity contribution >= 4 is 10.9 Å². The Labute approximate surface area is 135 Å². The van der Waals surface area contributed by atoms with Gasteiger partial charge in [0.25, 0.3) is 0 Å². The third kappa shape index (κ3) is 2.63. The highest BCUT2D eigenvalue weighted by Crippen LogP contribution is 2.33. The number of hydrogen-bond donors (Lipinski definition) is 1. The fraction of sp³-hybridized carbons (Fsp3) is 0.316. The van der Waals surface area contributed by atoms with Crippen LogP contribution in [-0.4, -0.2) is 21.4 Å². The lowest BCUT2D eigenvalue weighted by atomic mass is 10.1. The fourth-order valence-electron chi connectivity index (χ4n) is 3.64. The summed E-state index contributed by atoms with van der Waals surface area (Å²) in [5.41, 5.74) is 4.47. The van der Waals surface area contributed by atoms with Crippen molar-refractivity contribution in [1.29, 1.82) is 0 Å². The summed E-state index contributed by atoms with van der Waals surface area (Å²) in [6.07, 6.45) is 4.20. The van der Waals surface area contributed by atoms with E-state index in [0.29, 0.717) is 6.04 Å². The Hall–Kier alpha value is -2.20. The van der Waals surface area contributed by atoms with E-state index in [-0.39, 0.29) is 5.82 Å². The van der Waals surface area contributed by atoms with Gasteiger partial charge in [-0.05, 0) is 62.2 Å². The third-order valence-corrected chi connectivity index (χ3v) is 4.88. The molecule has 0 amide bonds. The molecule has 0 aliphatic carbocycles. The van der Waals surface area contributed by atoms with Crippen LogP contribution < -0.4 is 0 Å². The zero-order valence-corrected chi connectivity index (χ0v) is 13.2. The first-order valence-corrected chi connectivity index (χ1v) is 8.14. The monoisotopic (exact) mass is 309 g/mol. The Morgan fingerprint density at radius 3 is 3.04 bits per heavy atom. The first-order valence-electron chi connectivity index (χ1n) is 8.14. The molecule has 23 heavy (non-hydrogen) atoms. The van der Waals surface area contributed by atoms with E-state index in [2.05, 4.69) is 33.9 Å². The molecule has 1 fully saturated rings. The highest BCUT2D eigenvalue weighted by Gasteiger charge is 2.27. The largest absolute Gasteiger partial charge is 0.357 e. The average Bonchev–Trinajstić information content (AvgIpc) is 3.15. The second-order valence-corrected chi connectivity index (χ2v) is 6.30. The van der Waals surface area contributed by atoms with Crippen LogP contribution >= 0.6 is 0 Å². The molecule has 1 aromatic carbocycles. The number of benzene rings is 1. The molecule has 1 saturated heterocycles. The van der Waals surface area contributed by atoms with Crippen LogP contribution in [0.25, 0.3) is 10.9 Å². The molecule has 4 rings (SSSR count). The van der Waals surface area contributed by atoms with Gasteiger partial charge in [-0.2, -0.15) is 0 Å². The minimum Gasteiger partial charge on any atom is -0.357 e. The summed E-state index contributed by atoms with van der Waals surface area (Å²) >= 11 is 0. The number of likely N-dealkylation sites (tertiary alicyclic amines) is 1. The van der Waals surface area contributed by atoms with Gasteiger partial charge in [0, 0.05) is 29.3 Å². The van der Waals surface area contributed by atoms with Gasteiger partial charge in [-0.15, -0.1) is 0 Å². The molecule has 1 aliphatic rings. The van der Waals surface area contributed by atoms with Crippen molar-refractivity contribution in [3.05, 3.63) is 65.4 Å². The molecular weight excluding hydrogens is 289 g/mol. The molecule has 4 heteroatoms. The molecule has 0 saturated carbocycles. The summed E-state index contributed by atoms with van der Waals surface area (Å²) < 4.78 is 13.5. The van der Waals surface area contributed by atoms with Gasteiger partial charge >= 0.3 is 0 Å². The van der Waals surface area contributed by atoms with Crippen molar-refractivity contribution in [2.75, 3.05) is 6.54 Å². The number of fused-ring (bicyclic) bond motifs is 1. The van der Waals surface area contributed by atoms with Crippen molar-refractivity contribution < 1.29 is 4.39 Å². The van der Waals surface area contributed by atoms with Crippen LogP contribution in [0.2, 0.25) is 0 Å². The van der Waals surface area contributed by atoms with E-state index >= 15 is 0 Å². The number of rotatable bonds is 3. The molecule has 118 valence electrons. The van der Waals surface area contributed by atoms with Gasteiger partial charge in [0.05, 0.1) is 11.7 Å². The van der Waals surface area contributed by atoms with E-state index in [1.807, 2.05) is 18.3 Å². The zero-order valence-electron chi connectivity index (χ0n) is 13.2. The topological polar surface area (TPSA) is 31.9 Å². The lowest BCUT2D eigenvalue weighted by Crippen LogP contribution is -2.23. The molecule has 0 radical (unpaired) electrons. The fourth-order valence-corrected chi connectivity index (χ4v) is 3.64. The van der Waals surface area contributed by atoms with Gasteiger partial charge in [0.1, 0.15) is 5.82 Å². The molecule has 1 atom stereocenters. The predicted molar refractivity (Wildman–Crippen MR) is 89.6 cm³/mol. The van der Waals surface area contributed by atoms with Gasteiger partial charge in [0.15, 0.2) is 0 Å². The standard InChI is InChI=1S/C19H20FN3/c1-13-15-11-14(20)7-8-16(15)22-18(13)12-23-10-4-6-19(23)17-5-2-3-9-21-17/h2-3,5,7-9,11,19,22H,4,6,10,12H2,1H3/t19-/m0/s1. The van der Waals surface area contributed by atoms with Crippen LogP contribution in [0.1, 0.15) is 35.8 Å². The van der Waals surface area contributed by atoms with E-state index in [1.54, 1.807) is 6.07 Å². The normalized spacial score (nSPS) is 18.8. The Bertz CT molecular complexity index is 825. The van der Waals surface area contributed by atoms with Crippen molar-refractivity contribution in [1.82, 2.24) is 14.9 Å². The average molecular weight is 309 g/mol. The maximum absolute atomic E-state index is 13.5. The van der Waals surface area contributed by atoms with E-state index in [1.165, 1.54) is 18.2 Å². The molecule has 0 unspecified atom stereocenters. The second kappa shape index (κ2) is 5.78. The summed E-state index contributed by atoms with van der Waals surface area (Å²) in [5.74, 6) is -0.182. The van der Waals surface area contributed by atoms with Gasteiger partial charge < -0.3 is 4.98 Å². The van der Waals surface area contributed by atoms with Gasteiger partial charge in [-0.3, -0.25) is 9.88 Å². The maximum atomic E-state index is 13.5. The number of aromatic amines is 1. The summed E-state index contributed by atoms with van der Waals surface area (Å²) in [6.45, 7) is 3.99. The predicted octanol–water partition coefficient (Wildman–Crippen LogP) is 4.35. The summed E-state index contributed by atoms with van der Waals surface area (Å²) in [5, 5.41) is 0.980. The van der Waals surface area contributed by atoms with Gasteiger partial charge in [-0.25, -0.2) is 4.39 Å². The lowest BCUT2D eigenvalue weighted by Gasteiger charge is -2.23. The first kappa shape index (κ1) is 14.4.